The minimum Gasteiger partial charge on any atom is -0.313 e. The Balaban J connectivity index is 1.56. The summed E-state index contributed by atoms with van der Waals surface area (Å²) >= 11 is 0. The van der Waals surface area contributed by atoms with E-state index in [9.17, 15) is 4.79 Å². The number of fused-ring (bicyclic) bond motifs is 4. The van der Waals surface area contributed by atoms with Crippen molar-refractivity contribution < 1.29 is 4.79 Å². The Morgan fingerprint density at radius 1 is 0.875 bits per heavy atom. The van der Waals surface area contributed by atoms with E-state index in [-0.39, 0.29) is 5.91 Å². The molecule has 1 aliphatic heterocycles. The van der Waals surface area contributed by atoms with E-state index in [0.717, 1.165) is 33.5 Å². The summed E-state index contributed by atoms with van der Waals surface area (Å²) in [7, 11) is 1.82. The second-order valence-electron chi connectivity index (χ2n) is 7.94. The highest BCUT2D eigenvalue weighted by molar-refractivity contribution is 6.01. The molecule has 32 heavy (non-hydrogen) atoms. The van der Waals surface area contributed by atoms with Crippen molar-refractivity contribution in [3.8, 4) is 17.1 Å². The Bertz CT molecular complexity index is 1450. The third-order valence-corrected chi connectivity index (χ3v) is 6.09. The molecule has 1 amide bonds. The number of carbonyl (C=O) groups excluding carboxylic acids is 1. The highest BCUT2D eigenvalue weighted by Gasteiger charge is 2.36. The van der Waals surface area contributed by atoms with Gasteiger partial charge in [0.05, 0.1) is 22.6 Å². The number of para-hydroxylation sites is 3. The summed E-state index contributed by atoms with van der Waals surface area (Å²) in [6.45, 7) is 0. The van der Waals surface area contributed by atoms with Crippen molar-refractivity contribution in [2.75, 3.05) is 11.9 Å². The third-order valence-electron chi connectivity index (χ3n) is 6.09. The molecular weight excluding hydrogens is 400 g/mol. The lowest BCUT2D eigenvalue weighted by molar-refractivity contribution is -0.119. The molecular formula is C25H20N6O. The van der Waals surface area contributed by atoms with Gasteiger partial charge in [0.25, 0.3) is 0 Å². The van der Waals surface area contributed by atoms with E-state index >= 15 is 0 Å². The van der Waals surface area contributed by atoms with Crippen LogP contribution in [0.15, 0.2) is 78.9 Å². The van der Waals surface area contributed by atoms with Gasteiger partial charge in [-0.05, 0) is 18.2 Å². The Hall–Kier alpha value is -4.26. The summed E-state index contributed by atoms with van der Waals surface area (Å²) in [6.07, 6.45) is 0.425. The number of nitrogens with zero attached hydrogens (tertiary/aromatic N) is 5. The molecule has 0 bridgehead atoms. The number of likely N-dealkylation sites (N-methyl/N-ethyl adjacent to an activating group) is 1. The van der Waals surface area contributed by atoms with Gasteiger partial charge in [0.2, 0.25) is 5.91 Å². The van der Waals surface area contributed by atoms with Crippen LogP contribution >= 0.6 is 0 Å². The maximum Gasteiger partial charge on any atom is 0.238 e. The second kappa shape index (κ2) is 7.16. The van der Waals surface area contributed by atoms with Crippen LogP contribution in [0.1, 0.15) is 17.4 Å². The molecule has 1 atom stereocenters. The van der Waals surface area contributed by atoms with Crippen molar-refractivity contribution in [2.24, 2.45) is 0 Å². The zero-order valence-electron chi connectivity index (χ0n) is 17.4. The first kappa shape index (κ1) is 18.5. The van der Waals surface area contributed by atoms with Gasteiger partial charge in [-0.3, -0.25) is 14.5 Å². The lowest BCUT2D eigenvalue weighted by Crippen LogP contribution is -2.32. The van der Waals surface area contributed by atoms with E-state index in [4.69, 9.17) is 0 Å². The van der Waals surface area contributed by atoms with Gasteiger partial charge < -0.3 is 4.90 Å². The predicted molar refractivity (Wildman–Crippen MR) is 123 cm³/mol. The fourth-order valence-electron chi connectivity index (χ4n) is 4.48. The first-order valence-corrected chi connectivity index (χ1v) is 10.5. The van der Waals surface area contributed by atoms with E-state index in [1.165, 1.54) is 0 Å². The SMILES string of the molecule is CN1C(=O)C(Cc2n[nH]c3ccccc23)c2nnc(-c3ccccc3)n2-c2ccccc21. The van der Waals surface area contributed by atoms with Gasteiger partial charge in [0, 0.05) is 24.4 Å². The van der Waals surface area contributed by atoms with E-state index in [1.807, 2.05) is 90.5 Å². The van der Waals surface area contributed by atoms with Gasteiger partial charge in [-0.15, -0.1) is 10.2 Å². The lowest BCUT2D eigenvalue weighted by atomic mass is 9.99. The largest absolute Gasteiger partial charge is 0.313 e. The molecule has 1 aliphatic rings. The molecule has 3 heterocycles. The molecule has 1 N–H and O–H groups in total. The highest BCUT2D eigenvalue weighted by atomic mass is 16.2. The normalized spacial score (nSPS) is 15.5. The number of H-pyrrole nitrogens is 1. The average molecular weight is 420 g/mol. The van der Waals surface area contributed by atoms with Crippen LogP contribution < -0.4 is 4.90 Å². The summed E-state index contributed by atoms with van der Waals surface area (Å²) in [6, 6.07) is 25.8. The third kappa shape index (κ3) is 2.75. The average Bonchev–Trinajstić information content (AvgIpc) is 3.45. The molecule has 0 fully saturated rings. The van der Waals surface area contributed by atoms with E-state index < -0.39 is 5.92 Å². The Kier molecular flexibility index (Phi) is 4.14. The number of carbonyl (C=O) groups is 1. The van der Waals surface area contributed by atoms with Crippen LogP contribution in [0.3, 0.4) is 0 Å². The number of rotatable bonds is 3. The lowest BCUT2D eigenvalue weighted by Gasteiger charge is -2.20. The topological polar surface area (TPSA) is 79.7 Å². The smallest absolute Gasteiger partial charge is 0.238 e. The fourth-order valence-corrected chi connectivity index (χ4v) is 4.48. The minimum absolute atomic E-state index is 0.0321. The van der Waals surface area contributed by atoms with Crippen LogP contribution in [0.5, 0.6) is 0 Å². The highest BCUT2D eigenvalue weighted by Crippen LogP contribution is 2.37. The minimum atomic E-state index is -0.524. The van der Waals surface area contributed by atoms with Crippen molar-refractivity contribution in [1.82, 2.24) is 25.0 Å². The van der Waals surface area contributed by atoms with E-state index in [0.29, 0.717) is 18.1 Å². The summed E-state index contributed by atoms with van der Waals surface area (Å²) in [5, 5.41) is 17.7. The van der Waals surface area contributed by atoms with Crippen molar-refractivity contribution in [1.29, 1.82) is 0 Å². The molecule has 6 rings (SSSR count). The van der Waals surface area contributed by atoms with Crippen molar-refractivity contribution in [3.63, 3.8) is 0 Å². The molecule has 0 aliphatic carbocycles. The van der Waals surface area contributed by atoms with Crippen LogP contribution in [-0.4, -0.2) is 37.9 Å². The number of aromatic amines is 1. The van der Waals surface area contributed by atoms with Gasteiger partial charge in [-0.2, -0.15) is 5.10 Å². The Labute approximate surface area is 184 Å². The predicted octanol–water partition coefficient (Wildman–Crippen LogP) is 4.11. The maximum absolute atomic E-state index is 13.7. The summed E-state index contributed by atoms with van der Waals surface area (Å²) in [5.74, 6) is 0.783. The maximum atomic E-state index is 13.7. The number of aromatic nitrogens is 5. The zero-order chi connectivity index (χ0) is 21.7. The fraction of sp³-hybridized carbons (Fsp3) is 0.120. The van der Waals surface area contributed by atoms with E-state index in [1.54, 1.807) is 4.90 Å². The Morgan fingerprint density at radius 2 is 1.59 bits per heavy atom. The number of benzene rings is 3. The summed E-state index contributed by atoms with van der Waals surface area (Å²) in [5.41, 5.74) is 4.45. The first-order valence-electron chi connectivity index (χ1n) is 10.5. The molecule has 1 unspecified atom stereocenters. The molecule has 156 valence electrons. The van der Waals surface area contributed by atoms with Crippen molar-refractivity contribution in [2.45, 2.75) is 12.3 Å². The molecule has 5 aromatic rings. The molecule has 0 saturated heterocycles. The van der Waals surface area contributed by atoms with Crippen molar-refractivity contribution >= 4 is 22.5 Å². The molecule has 3 aromatic carbocycles. The number of hydrogen-bond donors (Lipinski definition) is 1. The number of anilines is 1. The summed E-state index contributed by atoms with van der Waals surface area (Å²) in [4.78, 5) is 15.4. The molecule has 0 saturated carbocycles. The van der Waals surface area contributed by atoms with Gasteiger partial charge in [-0.25, -0.2) is 0 Å². The van der Waals surface area contributed by atoms with Crippen LogP contribution in [0.2, 0.25) is 0 Å². The number of hydrogen-bond acceptors (Lipinski definition) is 4. The van der Waals surface area contributed by atoms with Crippen LogP contribution in [-0.2, 0) is 11.2 Å². The van der Waals surface area contributed by atoms with Crippen LogP contribution in [0.4, 0.5) is 5.69 Å². The quantitative estimate of drug-likeness (QED) is 0.476. The standard InChI is InChI=1S/C25H20N6O/c1-30-21-13-7-8-14-22(21)31-23(16-9-3-2-4-10-16)28-29-24(31)18(25(30)32)15-20-17-11-5-6-12-19(17)26-27-20/h2-14,18H,15H2,1H3,(H,26,27). The molecule has 7 heteroatoms. The van der Waals surface area contributed by atoms with Crippen LogP contribution in [0, 0.1) is 0 Å². The van der Waals surface area contributed by atoms with Crippen LogP contribution in [0.25, 0.3) is 28.0 Å². The van der Waals surface area contributed by atoms with Gasteiger partial charge in [0.15, 0.2) is 11.6 Å². The van der Waals surface area contributed by atoms with Crippen molar-refractivity contribution in [3.05, 3.63) is 90.4 Å². The second-order valence-corrected chi connectivity index (χ2v) is 7.94. The monoisotopic (exact) mass is 420 g/mol. The summed E-state index contributed by atoms with van der Waals surface area (Å²) < 4.78 is 2.02. The number of amides is 1. The molecule has 7 nitrogen and oxygen atoms in total. The first-order chi connectivity index (χ1) is 15.7. The van der Waals surface area contributed by atoms with Gasteiger partial charge in [-0.1, -0.05) is 60.7 Å². The van der Waals surface area contributed by atoms with Gasteiger partial charge >= 0.3 is 0 Å². The Morgan fingerprint density at radius 3 is 2.44 bits per heavy atom. The molecule has 0 spiro atoms. The van der Waals surface area contributed by atoms with Gasteiger partial charge in [0.1, 0.15) is 5.92 Å². The molecule has 2 aromatic heterocycles. The molecule has 0 radical (unpaired) electrons. The van der Waals surface area contributed by atoms with E-state index in [2.05, 4.69) is 20.4 Å². The zero-order valence-corrected chi connectivity index (χ0v) is 17.4. The number of nitrogens with one attached hydrogen (secondary N) is 1.